The SMILES string of the molecule is CCSc1[nH]cc2ccccc12. The smallest absolute Gasteiger partial charge is 0.0801 e. The maximum Gasteiger partial charge on any atom is 0.0801 e. The molecule has 0 radical (unpaired) electrons. The monoisotopic (exact) mass is 177 g/mol. The standard InChI is InChI=1S/C10H11NS/c1-2-12-10-9-6-4-3-5-8(9)7-11-10/h3-7,11H,2H2,1H3. The van der Waals surface area contributed by atoms with Crippen molar-refractivity contribution < 1.29 is 0 Å². The Labute approximate surface area is 76.2 Å². The van der Waals surface area contributed by atoms with Crippen LogP contribution in [-0.4, -0.2) is 10.7 Å². The van der Waals surface area contributed by atoms with Gasteiger partial charge >= 0.3 is 0 Å². The van der Waals surface area contributed by atoms with Gasteiger partial charge in [-0.15, -0.1) is 11.8 Å². The minimum Gasteiger partial charge on any atom is -0.355 e. The Morgan fingerprint density at radius 3 is 3.00 bits per heavy atom. The number of benzene rings is 1. The van der Waals surface area contributed by atoms with Crippen LogP contribution in [0.5, 0.6) is 0 Å². The summed E-state index contributed by atoms with van der Waals surface area (Å²) in [5, 5.41) is 3.92. The lowest BCUT2D eigenvalue weighted by atomic mass is 10.2. The third kappa shape index (κ3) is 1.23. The largest absolute Gasteiger partial charge is 0.355 e. The molecule has 1 aromatic heterocycles. The fourth-order valence-corrected chi connectivity index (χ4v) is 2.09. The van der Waals surface area contributed by atoms with E-state index in [1.54, 1.807) is 0 Å². The first-order valence-electron chi connectivity index (χ1n) is 4.10. The van der Waals surface area contributed by atoms with Gasteiger partial charge in [0, 0.05) is 17.0 Å². The minimum absolute atomic E-state index is 1.12. The van der Waals surface area contributed by atoms with Gasteiger partial charge in [-0.25, -0.2) is 0 Å². The molecule has 0 amide bonds. The van der Waals surface area contributed by atoms with Gasteiger partial charge < -0.3 is 4.98 Å². The van der Waals surface area contributed by atoms with Gasteiger partial charge in [0.1, 0.15) is 0 Å². The molecule has 0 aliphatic heterocycles. The van der Waals surface area contributed by atoms with Crippen molar-refractivity contribution in [2.75, 3.05) is 5.75 Å². The topological polar surface area (TPSA) is 15.8 Å². The van der Waals surface area contributed by atoms with Crippen LogP contribution in [0.25, 0.3) is 10.8 Å². The van der Waals surface area contributed by atoms with E-state index in [-0.39, 0.29) is 0 Å². The van der Waals surface area contributed by atoms with Crippen LogP contribution in [0.15, 0.2) is 35.5 Å². The average molecular weight is 177 g/mol. The lowest BCUT2D eigenvalue weighted by Gasteiger charge is -1.94. The molecule has 0 fully saturated rings. The van der Waals surface area contributed by atoms with E-state index >= 15 is 0 Å². The van der Waals surface area contributed by atoms with Crippen LogP contribution in [0.2, 0.25) is 0 Å². The van der Waals surface area contributed by atoms with E-state index in [0.717, 1.165) is 5.75 Å². The van der Waals surface area contributed by atoms with Gasteiger partial charge in [-0.2, -0.15) is 0 Å². The predicted octanol–water partition coefficient (Wildman–Crippen LogP) is 3.28. The minimum atomic E-state index is 1.12. The van der Waals surface area contributed by atoms with Gasteiger partial charge in [-0.05, 0) is 5.75 Å². The fraction of sp³-hybridized carbons (Fsp3) is 0.200. The zero-order chi connectivity index (χ0) is 8.39. The molecule has 12 heavy (non-hydrogen) atoms. The van der Waals surface area contributed by atoms with Crippen molar-refractivity contribution in [3.05, 3.63) is 30.5 Å². The van der Waals surface area contributed by atoms with Crippen LogP contribution < -0.4 is 0 Å². The molecule has 0 saturated carbocycles. The summed E-state index contributed by atoms with van der Waals surface area (Å²) in [6.45, 7) is 2.17. The van der Waals surface area contributed by atoms with E-state index in [4.69, 9.17) is 0 Å². The first-order chi connectivity index (χ1) is 5.92. The Morgan fingerprint density at radius 2 is 2.17 bits per heavy atom. The average Bonchev–Trinajstić information content (AvgIpc) is 2.50. The number of rotatable bonds is 2. The first kappa shape index (κ1) is 7.74. The van der Waals surface area contributed by atoms with Crippen LogP contribution in [0.4, 0.5) is 0 Å². The summed E-state index contributed by atoms with van der Waals surface area (Å²) in [7, 11) is 0. The Morgan fingerprint density at radius 1 is 1.33 bits per heavy atom. The molecule has 2 rings (SSSR count). The number of hydrogen-bond donors (Lipinski definition) is 1. The molecule has 0 atom stereocenters. The van der Waals surface area contributed by atoms with Crippen LogP contribution in [0, 0.1) is 0 Å². The van der Waals surface area contributed by atoms with Crippen LogP contribution >= 0.6 is 11.8 Å². The van der Waals surface area contributed by atoms with Gasteiger partial charge in [-0.1, -0.05) is 31.2 Å². The van der Waals surface area contributed by atoms with Crippen molar-refractivity contribution in [1.82, 2.24) is 4.98 Å². The molecule has 1 nitrogen and oxygen atoms in total. The van der Waals surface area contributed by atoms with Gasteiger partial charge in [0.15, 0.2) is 0 Å². The van der Waals surface area contributed by atoms with E-state index in [1.807, 2.05) is 11.8 Å². The summed E-state index contributed by atoms with van der Waals surface area (Å²) < 4.78 is 0. The molecule has 0 spiro atoms. The molecule has 0 aliphatic carbocycles. The van der Waals surface area contributed by atoms with Crippen molar-refractivity contribution in [2.45, 2.75) is 11.9 Å². The maximum atomic E-state index is 3.28. The number of fused-ring (bicyclic) bond motifs is 1. The van der Waals surface area contributed by atoms with Gasteiger partial charge in [-0.3, -0.25) is 0 Å². The molecule has 2 heteroatoms. The van der Waals surface area contributed by atoms with E-state index in [0.29, 0.717) is 0 Å². The quantitative estimate of drug-likeness (QED) is 0.696. The lowest BCUT2D eigenvalue weighted by Crippen LogP contribution is -1.71. The number of aromatic amines is 1. The summed E-state index contributed by atoms with van der Waals surface area (Å²) in [6.07, 6.45) is 2.06. The molecule has 0 unspecified atom stereocenters. The van der Waals surface area contributed by atoms with Crippen molar-refractivity contribution in [3.63, 3.8) is 0 Å². The van der Waals surface area contributed by atoms with E-state index in [1.165, 1.54) is 15.8 Å². The number of H-pyrrole nitrogens is 1. The Hall–Kier alpha value is -0.890. The third-order valence-electron chi connectivity index (χ3n) is 1.85. The van der Waals surface area contributed by atoms with Crippen molar-refractivity contribution in [3.8, 4) is 0 Å². The van der Waals surface area contributed by atoms with Crippen molar-refractivity contribution in [1.29, 1.82) is 0 Å². The van der Waals surface area contributed by atoms with Crippen LogP contribution in [0.3, 0.4) is 0 Å². The van der Waals surface area contributed by atoms with Gasteiger partial charge in [0.2, 0.25) is 0 Å². The van der Waals surface area contributed by atoms with Gasteiger partial charge in [0.25, 0.3) is 0 Å². The summed E-state index contributed by atoms with van der Waals surface area (Å²) in [5.41, 5.74) is 0. The molecular formula is C10H11NS. The van der Waals surface area contributed by atoms with E-state index in [9.17, 15) is 0 Å². The molecule has 62 valence electrons. The highest BCUT2D eigenvalue weighted by Crippen LogP contribution is 2.26. The van der Waals surface area contributed by atoms with Crippen molar-refractivity contribution >= 4 is 22.5 Å². The van der Waals surface area contributed by atoms with Crippen LogP contribution in [0.1, 0.15) is 6.92 Å². The maximum absolute atomic E-state index is 3.28. The summed E-state index contributed by atoms with van der Waals surface area (Å²) in [6, 6.07) is 8.43. The summed E-state index contributed by atoms with van der Waals surface area (Å²) in [5.74, 6) is 1.12. The Kier molecular flexibility index (Phi) is 2.09. The molecule has 2 aromatic rings. The van der Waals surface area contributed by atoms with E-state index < -0.39 is 0 Å². The second kappa shape index (κ2) is 3.23. The zero-order valence-corrected chi connectivity index (χ0v) is 7.82. The predicted molar refractivity (Wildman–Crippen MR) is 54.7 cm³/mol. The number of aromatic nitrogens is 1. The highest BCUT2D eigenvalue weighted by atomic mass is 32.2. The summed E-state index contributed by atoms with van der Waals surface area (Å²) >= 11 is 1.86. The molecule has 0 aliphatic rings. The summed E-state index contributed by atoms with van der Waals surface area (Å²) in [4.78, 5) is 3.28. The number of hydrogen-bond acceptors (Lipinski definition) is 1. The van der Waals surface area contributed by atoms with E-state index in [2.05, 4.69) is 42.4 Å². The highest BCUT2D eigenvalue weighted by Gasteiger charge is 2.00. The molecule has 1 aromatic carbocycles. The zero-order valence-electron chi connectivity index (χ0n) is 7.00. The normalized spacial score (nSPS) is 10.8. The third-order valence-corrected chi connectivity index (χ3v) is 2.77. The molecule has 0 bridgehead atoms. The van der Waals surface area contributed by atoms with Crippen LogP contribution in [-0.2, 0) is 0 Å². The molecule has 0 saturated heterocycles. The Bertz CT molecular complexity index is 378. The number of thioether (sulfide) groups is 1. The second-order valence-corrected chi connectivity index (χ2v) is 3.91. The van der Waals surface area contributed by atoms with Crippen molar-refractivity contribution in [2.24, 2.45) is 0 Å². The van der Waals surface area contributed by atoms with Gasteiger partial charge in [0.05, 0.1) is 5.03 Å². The fourth-order valence-electron chi connectivity index (χ4n) is 1.31. The Balaban J connectivity index is 2.55. The molecular weight excluding hydrogens is 166 g/mol. The lowest BCUT2D eigenvalue weighted by molar-refractivity contribution is 1.22. The number of nitrogens with one attached hydrogen (secondary N) is 1. The molecule has 1 heterocycles. The second-order valence-electron chi connectivity index (χ2n) is 2.64. The first-order valence-corrected chi connectivity index (χ1v) is 5.09. The molecule has 1 N–H and O–H groups in total. The highest BCUT2D eigenvalue weighted by molar-refractivity contribution is 7.99.